The van der Waals surface area contributed by atoms with Crippen LogP contribution in [0.25, 0.3) is 0 Å². The quantitative estimate of drug-likeness (QED) is 0.666. The summed E-state index contributed by atoms with van der Waals surface area (Å²) >= 11 is 0. The molecule has 126 valence electrons. The van der Waals surface area contributed by atoms with Gasteiger partial charge in [-0.15, -0.1) is 5.10 Å². The van der Waals surface area contributed by atoms with Gasteiger partial charge in [0, 0.05) is 11.3 Å². The van der Waals surface area contributed by atoms with Crippen LogP contribution in [-0.2, 0) is 0 Å². The van der Waals surface area contributed by atoms with Crippen molar-refractivity contribution in [1.29, 1.82) is 0 Å². The van der Waals surface area contributed by atoms with E-state index in [0.717, 1.165) is 5.69 Å². The van der Waals surface area contributed by atoms with Crippen LogP contribution in [0.2, 0.25) is 0 Å². The van der Waals surface area contributed by atoms with Crippen molar-refractivity contribution >= 4 is 28.9 Å². The summed E-state index contributed by atoms with van der Waals surface area (Å²) in [4.78, 5) is 15.9. The SMILES string of the molecule is COc1ccccc1Nc1cnnc(Nc2cccc(C(C)=O)c2)n1. The monoisotopic (exact) mass is 335 g/mol. The van der Waals surface area contributed by atoms with Crippen LogP contribution < -0.4 is 15.4 Å². The van der Waals surface area contributed by atoms with E-state index in [1.165, 1.54) is 13.1 Å². The van der Waals surface area contributed by atoms with Gasteiger partial charge in [0.1, 0.15) is 5.75 Å². The van der Waals surface area contributed by atoms with E-state index in [-0.39, 0.29) is 5.78 Å². The zero-order valence-corrected chi connectivity index (χ0v) is 13.9. The fourth-order valence-electron chi connectivity index (χ4n) is 2.25. The van der Waals surface area contributed by atoms with E-state index in [4.69, 9.17) is 4.74 Å². The lowest BCUT2D eigenvalue weighted by Gasteiger charge is -2.11. The summed E-state index contributed by atoms with van der Waals surface area (Å²) < 4.78 is 5.31. The molecule has 0 saturated heterocycles. The van der Waals surface area contributed by atoms with Crippen molar-refractivity contribution in [1.82, 2.24) is 15.2 Å². The number of carbonyl (C=O) groups is 1. The van der Waals surface area contributed by atoms with E-state index in [0.29, 0.717) is 28.8 Å². The Kier molecular flexibility index (Phi) is 4.84. The fourth-order valence-corrected chi connectivity index (χ4v) is 2.25. The van der Waals surface area contributed by atoms with E-state index in [1.54, 1.807) is 25.3 Å². The Morgan fingerprint density at radius 3 is 2.72 bits per heavy atom. The maximum absolute atomic E-state index is 11.5. The van der Waals surface area contributed by atoms with E-state index >= 15 is 0 Å². The van der Waals surface area contributed by atoms with Gasteiger partial charge in [-0.2, -0.15) is 10.1 Å². The molecule has 1 heterocycles. The molecular weight excluding hydrogens is 318 g/mol. The Morgan fingerprint density at radius 1 is 1.08 bits per heavy atom. The summed E-state index contributed by atoms with van der Waals surface area (Å²) in [6.07, 6.45) is 1.52. The number of methoxy groups -OCH3 is 1. The van der Waals surface area contributed by atoms with Crippen molar-refractivity contribution in [2.24, 2.45) is 0 Å². The van der Waals surface area contributed by atoms with Gasteiger partial charge in [-0.25, -0.2) is 0 Å². The Morgan fingerprint density at radius 2 is 1.92 bits per heavy atom. The van der Waals surface area contributed by atoms with E-state index < -0.39 is 0 Å². The minimum Gasteiger partial charge on any atom is -0.495 e. The first-order chi connectivity index (χ1) is 12.2. The first kappa shape index (κ1) is 16.4. The number of anilines is 4. The van der Waals surface area contributed by atoms with Crippen LogP contribution in [0.4, 0.5) is 23.1 Å². The minimum atomic E-state index is -0.00529. The maximum Gasteiger partial charge on any atom is 0.249 e. The number of para-hydroxylation sites is 2. The van der Waals surface area contributed by atoms with Gasteiger partial charge in [0.05, 0.1) is 19.0 Å². The molecule has 25 heavy (non-hydrogen) atoms. The number of benzene rings is 2. The number of carbonyl (C=O) groups excluding carboxylic acids is 1. The smallest absolute Gasteiger partial charge is 0.249 e. The number of nitrogens with zero attached hydrogens (tertiary/aromatic N) is 3. The number of aromatic nitrogens is 3. The van der Waals surface area contributed by atoms with Gasteiger partial charge in [0.15, 0.2) is 11.6 Å². The number of hydrogen-bond donors (Lipinski definition) is 2. The molecule has 0 aliphatic rings. The third-order valence-corrected chi connectivity index (χ3v) is 3.45. The Hall–Kier alpha value is -3.48. The molecule has 0 fully saturated rings. The molecule has 0 amide bonds. The molecule has 0 aliphatic carbocycles. The second-order valence-electron chi connectivity index (χ2n) is 5.25. The number of nitrogens with one attached hydrogen (secondary N) is 2. The molecule has 0 radical (unpaired) electrons. The number of ketones is 1. The molecule has 0 unspecified atom stereocenters. The molecule has 3 aromatic rings. The molecule has 0 spiro atoms. The molecule has 7 heteroatoms. The Bertz CT molecular complexity index is 898. The maximum atomic E-state index is 11.5. The second kappa shape index (κ2) is 7.39. The predicted octanol–water partition coefficient (Wildman–Crippen LogP) is 3.57. The lowest BCUT2D eigenvalue weighted by atomic mass is 10.1. The van der Waals surface area contributed by atoms with Crippen molar-refractivity contribution < 1.29 is 9.53 Å². The van der Waals surface area contributed by atoms with Crippen molar-refractivity contribution in [3.63, 3.8) is 0 Å². The summed E-state index contributed by atoms with van der Waals surface area (Å²) in [6.45, 7) is 1.52. The van der Waals surface area contributed by atoms with E-state index in [2.05, 4.69) is 25.8 Å². The number of Topliss-reactive ketones (excluding diaryl/α,β-unsaturated/α-hetero) is 1. The number of ether oxygens (including phenoxy) is 1. The molecular formula is C18H17N5O2. The van der Waals surface area contributed by atoms with Crippen LogP contribution in [0.15, 0.2) is 54.7 Å². The average Bonchev–Trinajstić information content (AvgIpc) is 2.63. The largest absolute Gasteiger partial charge is 0.495 e. The minimum absolute atomic E-state index is 0.00529. The van der Waals surface area contributed by atoms with Crippen LogP contribution in [0, 0.1) is 0 Å². The van der Waals surface area contributed by atoms with E-state index in [9.17, 15) is 4.79 Å². The highest BCUT2D eigenvalue weighted by Gasteiger charge is 2.06. The molecule has 3 rings (SSSR count). The average molecular weight is 335 g/mol. The first-order valence-corrected chi connectivity index (χ1v) is 7.63. The van der Waals surface area contributed by atoms with Gasteiger partial charge in [-0.1, -0.05) is 24.3 Å². The van der Waals surface area contributed by atoms with Crippen molar-refractivity contribution in [3.8, 4) is 5.75 Å². The van der Waals surface area contributed by atoms with Crippen LogP contribution in [0.5, 0.6) is 5.75 Å². The summed E-state index contributed by atoms with van der Waals surface area (Å²) in [5, 5.41) is 14.1. The third kappa shape index (κ3) is 4.08. The predicted molar refractivity (Wildman–Crippen MR) is 95.8 cm³/mol. The Balaban J connectivity index is 1.80. The highest BCUT2D eigenvalue weighted by Crippen LogP contribution is 2.26. The van der Waals surface area contributed by atoms with Gasteiger partial charge in [-0.3, -0.25) is 4.79 Å². The summed E-state index contributed by atoms with van der Waals surface area (Å²) in [7, 11) is 1.60. The number of rotatable bonds is 6. The topological polar surface area (TPSA) is 89.0 Å². The molecule has 1 aromatic heterocycles. The third-order valence-electron chi connectivity index (χ3n) is 3.45. The molecule has 2 aromatic carbocycles. The van der Waals surface area contributed by atoms with Crippen LogP contribution in [0.1, 0.15) is 17.3 Å². The number of hydrogen-bond acceptors (Lipinski definition) is 7. The van der Waals surface area contributed by atoms with Crippen LogP contribution in [0.3, 0.4) is 0 Å². The lowest BCUT2D eigenvalue weighted by Crippen LogP contribution is -2.03. The van der Waals surface area contributed by atoms with Gasteiger partial charge >= 0.3 is 0 Å². The van der Waals surface area contributed by atoms with Gasteiger partial charge in [0.2, 0.25) is 5.95 Å². The molecule has 0 saturated carbocycles. The Labute approximate surface area is 145 Å². The molecule has 0 bridgehead atoms. The summed E-state index contributed by atoms with van der Waals surface area (Å²) in [5.41, 5.74) is 2.10. The molecule has 0 aliphatic heterocycles. The summed E-state index contributed by atoms with van der Waals surface area (Å²) in [6, 6.07) is 14.6. The van der Waals surface area contributed by atoms with Crippen molar-refractivity contribution in [3.05, 3.63) is 60.3 Å². The summed E-state index contributed by atoms with van der Waals surface area (Å²) in [5.74, 6) is 1.53. The van der Waals surface area contributed by atoms with Crippen molar-refractivity contribution in [2.75, 3.05) is 17.7 Å². The van der Waals surface area contributed by atoms with Crippen molar-refractivity contribution in [2.45, 2.75) is 6.92 Å². The normalized spacial score (nSPS) is 10.2. The first-order valence-electron chi connectivity index (χ1n) is 7.63. The van der Waals surface area contributed by atoms with Gasteiger partial charge in [-0.05, 0) is 31.2 Å². The molecule has 7 nitrogen and oxygen atoms in total. The molecule has 2 N–H and O–H groups in total. The highest BCUT2D eigenvalue weighted by molar-refractivity contribution is 5.95. The van der Waals surface area contributed by atoms with Crippen LogP contribution >= 0.6 is 0 Å². The van der Waals surface area contributed by atoms with Gasteiger partial charge in [0.25, 0.3) is 0 Å². The molecule has 0 atom stereocenters. The fraction of sp³-hybridized carbons (Fsp3) is 0.111. The van der Waals surface area contributed by atoms with E-state index in [1.807, 2.05) is 30.3 Å². The zero-order chi connectivity index (χ0) is 17.6. The van der Waals surface area contributed by atoms with Gasteiger partial charge < -0.3 is 15.4 Å². The zero-order valence-electron chi connectivity index (χ0n) is 13.9. The van der Waals surface area contributed by atoms with Crippen LogP contribution in [-0.4, -0.2) is 28.1 Å². The lowest BCUT2D eigenvalue weighted by molar-refractivity contribution is 0.101. The standard InChI is InChI=1S/C18H17N5O2/c1-12(24)13-6-5-7-14(10-13)20-18-22-17(11-19-23-18)21-15-8-3-4-9-16(15)25-2/h3-11H,1-2H3,(H2,20,21,22,23). The highest BCUT2D eigenvalue weighted by atomic mass is 16.5. The second-order valence-corrected chi connectivity index (χ2v) is 5.25.